The first-order valence-electron chi connectivity index (χ1n) is 6.79. The number of hydrogen-bond acceptors (Lipinski definition) is 1. The summed E-state index contributed by atoms with van der Waals surface area (Å²) in [5.74, 6) is 1.02. The molecule has 0 saturated heterocycles. The summed E-state index contributed by atoms with van der Waals surface area (Å²) in [5, 5.41) is 3.17. The molecule has 1 aromatic carbocycles. The Labute approximate surface area is 141 Å². The first-order chi connectivity index (χ1) is 9.46. The molecule has 20 heavy (non-hydrogen) atoms. The number of carbonyl (C=O) groups excluding carboxylic acids is 1. The molecule has 2 rings (SSSR count). The molecule has 1 N–H and O–H groups in total. The van der Waals surface area contributed by atoms with Gasteiger partial charge in [0.15, 0.2) is 0 Å². The SMILES string of the molecule is CC1CCCC(CCl)(NC(=O)c2ccc(Br)cc2Br)C1. The van der Waals surface area contributed by atoms with Crippen LogP contribution in [-0.4, -0.2) is 17.3 Å². The van der Waals surface area contributed by atoms with Crippen LogP contribution in [0, 0.1) is 5.92 Å². The molecule has 0 radical (unpaired) electrons. The number of alkyl halides is 1. The molecule has 5 heteroatoms. The van der Waals surface area contributed by atoms with Crippen molar-refractivity contribution in [2.75, 3.05) is 5.88 Å². The van der Waals surface area contributed by atoms with Gasteiger partial charge in [0.2, 0.25) is 0 Å². The quantitative estimate of drug-likeness (QED) is 0.671. The Balaban J connectivity index is 2.16. The van der Waals surface area contributed by atoms with Crippen molar-refractivity contribution >= 4 is 49.4 Å². The lowest BCUT2D eigenvalue weighted by molar-refractivity contribution is 0.0866. The summed E-state index contributed by atoms with van der Waals surface area (Å²) in [5.41, 5.74) is 0.388. The monoisotopic (exact) mass is 421 g/mol. The van der Waals surface area contributed by atoms with E-state index in [0.717, 1.165) is 28.2 Å². The average molecular weight is 424 g/mol. The normalized spacial score (nSPS) is 26.3. The second-order valence-corrected chi connectivity index (χ2v) is 7.73. The van der Waals surface area contributed by atoms with E-state index in [1.807, 2.05) is 18.2 Å². The van der Waals surface area contributed by atoms with Gasteiger partial charge in [0, 0.05) is 14.8 Å². The van der Waals surface area contributed by atoms with Crippen LogP contribution in [0.25, 0.3) is 0 Å². The molecule has 0 aliphatic heterocycles. The van der Waals surface area contributed by atoms with Crippen LogP contribution >= 0.6 is 43.5 Å². The second kappa shape index (κ2) is 6.80. The fourth-order valence-electron chi connectivity index (χ4n) is 2.91. The Morgan fingerprint density at radius 3 is 2.85 bits per heavy atom. The van der Waals surface area contributed by atoms with Gasteiger partial charge in [0.1, 0.15) is 0 Å². The number of amides is 1. The first-order valence-corrected chi connectivity index (χ1v) is 8.91. The van der Waals surface area contributed by atoms with Gasteiger partial charge in [-0.05, 0) is 52.9 Å². The van der Waals surface area contributed by atoms with Crippen molar-refractivity contribution in [3.63, 3.8) is 0 Å². The van der Waals surface area contributed by atoms with Gasteiger partial charge in [-0.15, -0.1) is 11.6 Å². The maximum Gasteiger partial charge on any atom is 0.252 e. The van der Waals surface area contributed by atoms with Crippen molar-refractivity contribution in [1.82, 2.24) is 5.32 Å². The van der Waals surface area contributed by atoms with E-state index in [1.54, 1.807) is 0 Å². The predicted octanol–water partition coefficient (Wildman–Crippen LogP) is 5.13. The zero-order chi connectivity index (χ0) is 14.8. The Morgan fingerprint density at radius 1 is 1.50 bits per heavy atom. The minimum absolute atomic E-state index is 0.0564. The number of rotatable bonds is 3. The molecular formula is C15H18Br2ClNO. The topological polar surface area (TPSA) is 29.1 Å². The fraction of sp³-hybridized carbons (Fsp3) is 0.533. The molecule has 2 atom stereocenters. The average Bonchev–Trinajstić information content (AvgIpc) is 2.38. The zero-order valence-corrected chi connectivity index (χ0v) is 15.3. The maximum atomic E-state index is 12.5. The van der Waals surface area contributed by atoms with E-state index in [-0.39, 0.29) is 11.4 Å². The molecule has 110 valence electrons. The maximum absolute atomic E-state index is 12.5. The third-order valence-electron chi connectivity index (χ3n) is 3.90. The summed E-state index contributed by atoms with van der Waals surface area (Å²) >= 11 is 13.0. The lowest BCUT2D eigenvalue weighted by Gasteiger charge is -2.39. The number of nitrogens with one attached hydrogen (secondary N) is 1. The summed E-state index contributed by atoms with van der Waals surface area (Å²) < 4.78 is 1.73. The second-order valence-electron chi connectivity index (χ2n) is 5.69. The van der Waals surface area contributed by atoms with Crippen molar-refractivity contribution in [3.8, 4) is 0 Å². The Hall–Kier alpha value is -0.0600. The van der Waals surface area contributed by atoms with Crippen molar-refractivity contribution in [3.05, 3.63) is 32.7 Å². The Morgan fingerprint density at radius 2 is 2.25 bits per heavy atom. The fourth-order valence-corrected chi connectivity index (χ4v) is 4.45. The molecule has 1 amide bonds. The van der Waals surface area contributed by atoms with Gasteiger partial charge in [0.25, 0.3) is 5.91 Å². The number of hydrogen-bond donors (Lipinski definition) is 1. The number of carbonyl (C=O) groups is 1. The molecule has 1 aliphatic rings. The molecule has 1 saturated carbocycles. The summed E-state index contributed by atoms with van der Waals surface area (Å²) in [4.78, 5) is 12.5. The predicted molar refractivity (Wildman–Crippen MR) is 90.4 cm³/mol. The van der Waals surface area contributed by atoms with Crippen molar-refractivity contribution < 1.29 is 4.79 Å². The highest BCUT2D eigenvalue weighted by atomic mass is 79.9. The van der Waals surface area contributed by atoms with Crippen LogP contribution in [0.1, 0.15) is 43.0 Å². The van der Waals surface area contributed by atoms with E-state index in [9.17, 15) is 4.79 Å². The van der Waals surface area contributed by atoms with Crippen LogP contribution in [0.15, 0.2) is 27.1 Å². The smallest absolute Gasteiger partial charge is 0.252 e. The number of halogens is 3. The van der Waals surface area contributed by atoms with E-state index in [4.69, 9.17) is 11.6 Å². The van der Waals surface area contributed by atoms with Crippen LogP contribution < -0.4 is 5.32 Å². The molecule has 2 unspecified atom stereocenters. The van der Waals surface area contributed by atoms with E-state index in [2.05, 4.69) is 44.1 Å². The van der Waals surface area contributed by atoms with E-state index < -0.39 is 0 Å². The molecule has 0 aromatic heterocycles. The minimum Gasteiger partial charge on any atom is -0.345 e. The third kappa shape index (κ3) is 3.77. The highest BCUT2D eigenvalue weighted by Crippen LogP contribution is 2.34. The summed E-state index contributed by atoms with van der Waals surface area (Å²) in [6, 6.07) is 5.57. The molecule has 0 heterocycles. The van der Waals surface area contributed by atoms with Crippen LogP contribution in [0.5, 0.6) is 0 Å². The molecule has 2 nitrogen and oxygen atoms in total. The summed E-state index contributed by atoms with van der Waals surface area (Å²) in [7, 11) is 0. The zero-order valence-electron chi connectivity index (χ0n) is 11.4. The minimum atomic E-state index is -0.261. The Bertz CT molecular complexity index is 509. The molecule has 1 fully saturated rings. The lowest BCUT2D eigenvalue weighted by Crippen LogP contribution is -2.52. The van der Waals surface area contributed by atoms with Crippen LogP contribution in [0.2, 0.25) is 0 Å². The van der Waals surface area contributed by atoms with Crippen molar-refractivity contribution in [2.45, 2.75) is 38.1 Å². The van der Waals surface area contributed by atoms with Crippen molar-refractivity contribution in [1.29, 1.82) is 0 Å². The van der Waals surface area contributed by atoms with Gasteiger partial charge in [-0.3, -0.25) is 4.79 Å². The number of benzene rings is 1. The highest BCUT2D eigenvalue weighted by molar-refractivity contribution is 9.11. The van der Waals surface area contributed by atoms with Gasteiger partial charge >= 0.3 is 0 Å². The molecule has 1 aliphatic carbocycles. The summed E-state index contributed by atoms with van der Waals surface area (Å²) in [6.45, 7) is 2.22. The molecule has 0 spiro atoms. The van der Waals surface area contributed by atoms with Gasteiger partial charge in [-0.2, -0.15) is 0 Å². The van der Waals surface area contributed by atoms with Crippen molar-refractivity contribution in [2.24, 2.45) is 5.92 Å². The highest BCUT2D eigenvalue weighted by Gasteiger charge is 2.36. The van der Waals surface area contributed by atoms with E-state index in [0.29, 0.717) is 17.4 Å². The molecular weight excluding hydrogens is 405 g/mol. The standard InChI is InChI=1S/C15H18Br2ClNO/c1-10-3-2-6-15(8-10,9-18)19-14(20)12-5-4-11(16)7-13(12)17/h4-5,7,10H,2-3,6,8-9H2,1H3,(H,19,20). The van der Waals surface area contributed by atoms with Gasteiger partial charge in [0.05, 0.1) is 11.1 Å². The summed E-state index contributed by atoms with van der Waals surface area (Å²) in [6.07, 6.45) is 4.25. The van der Waals surface area contributed by atoms with Gasteiger partial charge < -0.3 is 5.32 Å². The van der Waals surface area contributed by atoms with Crippen LogP contribution in [-0.2, 0) is 0 Å². The van der Waals surface area contributed by atoms with Crippen LogP contribution in [0.3, 0.4) is 0 Å². The van der Waals surface area contributed by atoms with E-state index in [1.165, 1.54) is 6.42 Å². The largest absolute Gasteiger partial charge is 0.345 e. The van der Waals surface area contributed by atoms with E-state index >= 15 is 0 Å². The van der Waals surface area contributed by atoms with Gasteiger partial charge in [-0.25, -0.2) is 0 Å². The third-order valence-corrected chi connectivity index (χ3v) is 5.56. The van der Waals surface area contributed by atoms with Crippen LogP contribution in [0.4, 0.5) is 0 Å². The molecule has 0 bridgehead atoms. The lowest BCUT2D eigenvalue weighted by atomic mass is 9.77. The Kier molecular flexibility index (Phi) is 5.55. The van der Waals surface area contributed by atoms with Gasteiger partial charge in [-0.1, -0.05) is 35.7 Å². The molecule has 1 aromatic rings. The first kappa shape index (κ1) is 16.3.